The molecule has 0 aliphatic heterocycles. The van der Waals surface area contributed by atoms with E-state index in [0.717, 1.165) is 4.88 Å². The van der Waals surface area contributed by atoms with Gasteiger partial charge in [-0.25, -0.2) is 4.79 Å². The molecule has 0 unspecified atom stereocenters. The van der Waals surface area contributed by atoms with Gasteiger partial charge in [0.05, 0.1) is 17.6 Å². The largest absolute Gasteiger partial charge is 0.325 e. The van der Waals surface area contributed by atoms with Crippen molar-refractivity contribution in [1.82, 2.24) is 19.1 Å². The van der Waals surface area contributed by atoms with E-state index in [1.54, 1.807) is 23.2 Å². The standard InChI is InChI=1S/C6H6N4OS/c11-6-7-1-2-10(6)4-5-3-8-9-12-5/h1-3H,4H2,(H,7,11). The fourth-order valence-corrected chi connectivity index (χ4v) is 1.39. The monoisotopic (exact) mass is 182 g/mol. The molecule has 0 amide bonds. The van der Waals surface area contributed by atoms with Gasteiger partial charge in [0.2, 0.25) is 0 Å². The first-order chi connectivity index (χ1) is 5.86. The van der Waals surface area contributed by atoms with Crippen molar-refractivity contribution in [2.24, 2.45) is 0 Å². The Hall–Kier alpha value is -1.43. The summed E-state index contributed by atoms with van der Waals surface area (Å²) >= 11 is 1.30. The van der Waals surface area contributed by atoms with E-state index in [1.807, 2.05) is 0 Å². The fourth-order valence-electron chi connectivity index (χ4n) is 0.899. The first kappa shape index (κ1) is 7.23. The normalized spacial score (nSPS) is 10.3. The highest BCUT2D eigenvalue weighted by Gasteiger charge is 1.99. The van der Waals surface area contributed by atoms with Crippen LogP contribution in [0.25, 0.3) is 0 Å². The SMILES string of the molecule is O=c1[nH]ccn1Cc1cnns1. The van der Waals surface area contributed by atoms with Crippen molar-refractivity contribution in [3.05, 3.63) is 34.0 Å². The predicted octanol–water partition coefficient (Wildman–Crippen LogP) is 0.0762. The number of aromatic nitrogens is 4. The van der Waals surface area contributed by atoms with Gasteiger partial charge in [-0.1, -0.05) is 4.49 Å². The molecule has 6 heteroatoms. The maximum Gasteiger partial charge on any atom is 0.325 e. The summed E-state index contributed by atoms with van der Waals surface area (Å²) in [6.45, 7) is 0.542. The van der Waals surface area contributed by atoms with Gasteiger partial charge in [-0.2, -0.15) is 0 Å². The second-order valence-electron chi connectivity index (χ2n) is 2.28. The minimum Gasteiger partial charge on any atom is -0.313 e. The fraction of sp³-hybridized carbons (Fsp3) is 0.167. The predicted molar refractivity (Wildman–Crippen MR) is 44.1 cm³/mol. The lowest BCUT2D eigenvalue weighted by Gasteiger charge is -1.93. The molecule has 62 valence electrons. The maximum atomic E-state index is 11.0. The Morgan fingerprint density at radius 3 is 3.17 bits per heavy atom. The molecule has 0 fully saturated rings. The molecular weight excluding hydrogens is 176 g/mol. The molecule has 2 aromatic heterocycles. The molecule has 0 aliphatic carbocycles. The van der Waals surface area contributed by atoms with Crippen molar-refractivity contribution in [1.29, 1.82) is 0 Å². The molecule has 2 aromatic rings. The van der Waals surface area contributed by atoms with Crippen molar-refractivity contribution in [2.75, 3.05) is 0 Å². The van der Waals surface area contributed by atoms with E-state index in [9.17, 15) is 4.79 Å². The van der Waals surface area contributed by atoms with E-state index < -0.39 is 0 Å². The van der Waals surface area contributed by atoms with Crippen LogP contribution in [0.3, 0.4) is 0 Å². The zero-order valence-electron chi connectivity index (χ0n) is 6.10. The van der Waals surface area contributed by atoms with Crippen molar-refractivity contribution >= 4 is 11.5 Å². The number of nitrogens with one attached hydrogen (secondary N) is 1. The average molecular weight is 182 g/mol. The first-order valence-electron chi connectivity index (χ1n) is 3.36. The Balaban J connectivity index is 2.25. The summed E-state index contributed by atoms with van der Waals surface area (Å²) < 4.78 is 5.26. The minimum atomic E-state index is -0.108. The van der Waals surface area contributed by atoms with Crippen LogP contribution in [0.15, 0.2) is 23.4 Å². The van der Waals surface area contributed by atoms with Crippen LogP contribution in [0, 0.1) is 0 Å². The summed E-state index contributed by atoms with van der Waals surface area (Å²) in [5, 5.41) is 3.68. The number of hydrogen-bond donors (Lipinski definition) is 1. The molecule has 5 nitrogen and oxygen atoms in total. The number of imidazole rings is 1. The molecule has 0 bridgehead atoms. The highest BCUT2D eigenvalue weighted by molar-refractivity contribution is 7.05. The summed E-state index contributed by atoms with van der Waals surface area (Å²) in [6.07, 6.45) is 4.96. The summed E-state index contributed by atoms with van der Waals surface area (Å²) in [7, 11) is 0. The van der Waals surface area contributed by atoms with Gasteiger partial charge in [0, 0.05) is 12.4 Å². The molecule has 0 radical (unpaired) electrons. The van der Waals surface area contributed by atoms with Crippen LogP contribution < -0.4 is 5.69 Å². The number of nitrogens with zero attached hydrogens (tertiary/aromatic N) is 3. The number of aromatic amines is 1. The van der Waals surface area contributed by atoms with Crippen molar-refractivity contribution in [3.63, 3.8) is 0 Å². The summed E-state index contributed by atoms with van der Waals surface area (Å²) in [5.41, 5.74) is -0.108. The third-order valence-electron chi connectivity index (χ3n) is 1.46. The molecule has 0 aliphatic rings. The number of hydrogen-bond acceptors (Lipinski definition) is 4. The smallest absolute Gasteiger partial charge is 0.313 e. The third-order valence-corrected chi connectivity index (χ3v) is 2.10. The van der Waals surface area contributed by atoms with Gasteiger partial charge in [0.1, 0.15) is 0 Å². The molecule has 12 heavy (non-hydrogen) atoms. The Labute approximate surface area is 71.8 Å². The van der Waals surface area contributed by atoms with E-state index in [1.165, 1.54) is 11.5 Å². The van der Waals surface area contributed by atoms with Crippen molar-refractivity contribution < 1.29 is 0 Å². The van der Waals surface area contributed by atoms with Crippen LogP contribution >= 0.6 is 11.5 Å². The summed E-state index contributed by atoms with van der Waals surface area (Å²) in [4.78, 5) is 14.5. The molecule has 0 saturated carbocycles. The van der Waals surface area contributed by atoms with Crippen molar-refractivity contribution in [2.45, 2.75) is 6.54 Å². The second kappa shape index (κ2) is 2.90. The third kappa shape index (κ3) is 1.28. The van der Waals surface area contributed by atoms with Crippen LogP contribution in [0.4, 0.5) is 0 Å². The van der Waals surface area contributed by atoms with Crippen LogP contribution in [-0.2, 0) is 6.54 Å². The van der Waals surface area contributed by atoms with Gasteiger partial charge < -0.3 is 4.98 Å². The van der Waals surface area contributed by atoms with Gasteiger partial charge in [-0.3, -0.25) is 4.57 Å². The van der Waals surface area contributed by atoms with E-state index in [-0.39, 0.29) is 5.69 Å². The maximum absolute atomic E-state index is 11.0. The Morgan fingerprint density at radius 1 is 1.67 bits per heavy atom. The molecule has 0 spiro atoms. The van der Waals surface area contributed by atoms with Crippen molar-refractivity contribution in [3.8, 4) is 0 Å². The lowest BCUT2D eigenvalue weighted by Crippen LogP contribution is -2.15. The Kier molecular flexibility index (Phi) is 1.75. The van der Waals surface area contributed by atoms with Gasteiger partial charge in [-0.05, 0) is 11.5 Å². The molecule has 0 saturated heterocycles. The topological polar surface area (TPSA) is 63.6 Å². The van der Waals surface area contributed by atoms with Crippen LogP contribution in [0.1, 0.15) is 4.88 Å². The van der Waals surface area contributed by atoms with E-state index in [2.05, 4.69) is 14.6 Å². The first-order valence-corrected chi connectivity index (χ1v) is 4.13. The van der Waals surface area contributed by atoms with Crippen LogP contribution in [-0.4, -0.2) is 19.1 Å². The molecule has 2 heterocycles. The number of H-pyrrole nitrogens is 1. The molecule has 0 atom stereocenters. The lowest BCUT2D eigenvalue weighted by atomic mass is 10.5. The van der Waals surface area contributed by atoms with Gasteiger partial charge in [0.25, 0.3) is 0 Å². The molecule has 0 aromatic carbocycles. The Bertz CT molecular complexity index is 401. The highest BCUT2D eigenvalue weighted by atomic mass is 32.1. The van der Waals surface area contributed by atoms with Crippen LogP contribution in [0.5, 0.6) is 0 Å². The van der Waals surface area contributed by atoms with Crippen LogP contribution in [0.2, 0.25) is 0 Å². The van der Waals surface area contributed by atoms with E-state index in [4.69, 9.17) is 0 Å². The van der Waals surface area contributed by atoms with Gasteiger partial charge in [-0.15, -0.1) is 5.10 Å². The summed E-state index contributed by atoms with van der Waals surface area (Å²) in [5.74, 6) is 0. The summed E-state index contributed by atoms with van der Waals surface area (Å²) in [6, 6.07) is 0. The van der Waals surface area contributed by atoms with E-state index >= 15 is 0 Å². The molecule has 1 N–H and O–H groups in total. The zero-order valence-corrected chi connectivity index (χ0v) is 6.91. The van der Waals surface area contributed by atoms with E-state index in [0.29, 0.717) is 6.54 Å². The highest BCUT2D eigenvalue weighted by Crippen LogP contribution is 2.02. The molecule has 2 rings (SSSR count). The van der Waals surface area contributed by atoms with Gasteiger partial charge in [0.15, 0.2) is 0 Å². The quantitative estimate of drug-likeness (QED) is 0.715. The molecular formula is C6H6N4OS. The Morgan fingerprint density at radius 2 is 2.58 bits per heavy atom. The minimum absolute atomic E-state index is 0.108. The average Bonchev–Trinajstić information content (AvgIpc) is 2.65. The van der Waals surface area contributed by atoms with Gasteiger partial charge >= 0.3 is 5.69 Å². The lowest BCUT2D eigenvalue weighted by molar-refractivity contribution is 0.771. The zero-order chi connectivity index (χ0) is 8.39. The second-order valence-corrected chi connectivity index (χ2v) is 3.15. The number of rotatable bonds is 2.